The molecule has 0 fully saturated rings. The number of carboxylic acid groups (broad SMARTS) is 1. The van der Waals surface area contributed by atoms with Crippen molar-refractivity contribution in [3.8, 4) is 6.07 Å². The molecule has 0 aliphatic heterocycles. The molecule has 108 valence electrons. The van der Waals surface area contributed by atoms with Gasteiger partial charge in [-0.3, -0.25) is 0 Å². The lowest BCUT2D eigenvalue weighted by molar-refractivity contribution is -0.146. The van der Waals surface area contributed by atoms with Crippen molar-refractivity contribution in [3.05, 3.63) is 0 Å². The van der Waals surface area contributed by atoms with E-state index in [4.69, 9.17) is 15.5 Å². The van der Waals surface area contributed by atoms with Crippen molar-refractivity contribution < 1.29 is 19.8 Å². The maximum absolute atomic E-state index is 11.8. The van der Waals surface area contributed by atoms with E-state index in [0.29, 0.717) is 13.1 Å². The Morgan fingerprint density at radius 1 is 1.42 bits per heavy atom. The number of amides is 2. The molecule has 2 amide bonds. The highest BCUT2D eigenvalue weighted by Crippen LogP contribution is 2.01. The van der Waals surface area contributed by atoms with E-state index in [1.807, 2.05) is 19.9 Å². The highest BCUT2D eigenvalue weighted by atomic mass is 16.4. The van der Waals surface area contributed by atoms with Crippen LogP contribution in [-0.2, 0) is 4.79 Å². The Hall–Kier alpha value is -1.81. The van der Waals surface area contributed by atoms with E-state index in [1.165, 1.54) is 4.90 Å². The molecule has 0 saturated heterocycles. The predicted molar refractivity (Wildman–Crippen MR) is 68.3 cm³/mol. The molecule has 0 spiro atoms. The van der Waals surface area contributed by atoms with Gasteiger partial charge in [0, 0.05) is 26.1 Å². The quantitative estimate of drug-likeness (QED) is 0.591. The van der Waals surface area contributed by atoms with Gasteiger partial charge in [0.05, 0.1) is 12.5 Å². The van der Waals surface area contributed by atoms with Crippen molar-refractivity contribution in [1.82, 2.24) is 10.2 Å². The number of nitrogens with one attached hydrogen (secondary N) is 1. The number of rotatable bonds is 8. The summed E-state index contributed by atoms with van der Waals surface area (Å²) in [4.78, 5) is 23.7. The summed E-state index contributed by atoms with van der Waals surface area (Å²) in [6, 6.07) is 1.63. The van der Waals surface area contributed by atoms with Crippen LogP contribution in [0, 0.1) is 17.2 Å². The lowest BCUT2D eigenvalue weighted by atomic mass is 10.2. The molecule has 0 aromatic carbocycles. The summed E-state index contributed by atoms with van der Waals surface area (Å²) in [7, 11) is 0. The van der Waals surface area contributed by atoms with Crippen LogP contribution in [0.5, 0.6) is 0 Å². The van der Waals surface area contributed by atoms with Crippen LogP contribution in [-0.4, -0.2) is 52.9 Å². The van der Waals surface area contributed by atoms with Crippen LogP contribution in [0.4, 0.5) is 4.79 Å². The van der Waals surface area contributed by atoms with Gasteiger partial charge in [0.15, 0.2) is 6.10 Å². The van der Waals surface area contributed by atoms with E-state index in [0.717, 1.165) is 0 Å². The molecule has 0 bridgehead atoms. The number of aliphatic hydroxyl groups is 1. The number of carbonyl (C=O) groups is 2. The molecular weight excluding hydrogens is 250 g/mol. The van der Waals surface area contributed by atoms with E-state index in [9.17, 15) is 9.59 Å². The van der Waals surface area contributed by atoms with Crippen LogP contribution in [0.15, 0.2) is 0 Å². The lowest BCUT2D eigenvalue weighted by Gasteiger charge is -2.24. The fourth-order valence-electron chi connectivity index (χ4n) is 1.45. The monoisotopic (exact) mass is 271 g/mol. The summed E-state index contributed by atoms with van der Waals surface area (Å²) in [5.41, 5.74) is 0. The van der Waals surface area contributed by atoms with Gasteiger partial charge in [-0.05, 0) is 5.92 Å². The first kappa shape index (κ1) is 17.2. The second-order valence-electron chi connectivity index (χ2n) is 4.62. The number of nitrogens with zero attached hydrogens (tertiary/aromatic N) is 2. The maximum atomic E-state index is 11.8. The Labute approximate surface area is 112 Å². The summed E-state index contributed by atoms with van der Waals surface area (Å²) in [6.07, 6.45) is -1.27. The van der Waals surface area contributed by atoms with E-state index in [-0.39, 0.29) is 31.3 Å². The molecule has 3 N–H and O–H groups in total. The van der Waals surface area contributed by atoms with Crippen molar-refractivity contribution >= 4 is 12.0 Å². The Kier molecular flexibility index (Phi) is 8.29. The molecular formula is C12H21N3O4. The summed E-state index contributed by atoms with van der Waals surface area (Å²) >= 11 is 0. The van der Waals surface area contributed by atoms with Gasteiger partial charge in [0.1, 0.15) is 0 Å². The van der Waals surface area contributed by atoms with Gasteiger partial charge in [-0.25, -0.2) is 9.59 Å². The molecule has 0 radical (unpaired) electrons. The smallest absolute Gasteiger partial charge is 0.332 e. The van der Waals surface area contributed by atoms with Crippen LogP contribution in [0.25, 0.3) is 0 Å². The molecule has 1 unspecified atom stereocenters. The average Bonchev–Trinajstić information content (AvgIpc) is 2.33. The number of aliphatic hydroxyl groups excluding tert-OH is 1. The first-order valence-corrected chi connectivity index (χ1v) is 6.19. The van der Waals surface area contributed by atoms with E-state index in [2.05, 4.69) is 5.32 Å². The molecule has 7 nitrogen and oxygen atoms in total. The van der Waals surface area contributed by atoms with Gasteiger partial charge in [-0.1, -0.05) is 13.8 Å². The van der Waals surface area contributed by atoms with Gasteiger partial charge >= 0.3 is 12.0 Å². The van der Waals surface area contributed by atoms with Crippen molar-refractivity contribution in [2.75, 3.05) is 19.6 Å². The third kappa shape index (κ3) is 8.00. The molecule has 0 aliphatic carbocycles. The second kappa shape index (κ2) is 9.16. The van der Waals surface area contributed by atoms with Gasteiger partial charge in [-0.15, -0.1) is 0 Å². The topological polar surface area (TPSA) is 114 Å². The van der Waals surface area contributed by atoms with Crippen molar-refractivity contribution in [2.45, 2.75) is 32.8 Å². The minimum absolute atomic E-state index is 0.0468. The van der Waals surface area contributed by atoms with Gasteiger partial charge in [-0.2, -0.15) is 5.26 Å². The first-order valence-electron chi connectivity index (χ1n) is 6.19. The third-order valence-corrected chi connectivity index (χ3v) is 2.35. The second-order valence-corrected chi connectivity index (χ2v) is 4.62. The maximum Gasteiger partial charge on any atom is 0.332 e. The number of hydrogen-bond acceptors (Lipinski definition) is 4. The standard InChI is InChI=1S/C12H21N3O4/c1-9(2)8-15(7-3-5-13)12(19)14-6-4-10(16)11(17)18/h9-10,16H,3-4,6-8H2,1-2H3,(H,14,19)(H,17,18). The minimum Gasteiger partial charge on any atom is -0.479 e. The first-order chi connectivity index (χ1) is 8.88. The normalized spacial score (nSPS) is 11.7. The van der Waals surface area contributed by atoms with Gasteiger partial charge in [0.2, 0.25) is 0 Å². The SMILES string of the molecule is CC(C)CN(CCC#N)C(=O)NCCC(O)C(=O)O. The largest absolute Gasteiger partial charge is 0.479 e. The zero-order valence-electron chi connectivity index (χ0n) is 11.3. The summed E-state index contributed by atoms with van der Waals surface area (Å²) < 4.78 is 0. The van der Waals surface area contributed by atoms with Gasteiger partial charge < -0.3 is 20.4 Å². The molecule has 7 heteroatoms. The van der Waals surface area contributed by atoms with Crippen molar-refractivity contribution in [2.24, 2.45) is 5.92 Å². The van der Waals surface area contributed by atoms with Crippen LogP contribution in [0.1, 0.15) is 26.7 Å². The third-order valence-electron chi connectivity index (χ3n) is 2.35. The number of carboxylic acids is 1. The van der Waals surface area contributed by atoms with Crippen molar-refractivity contribution in [1.29, 1.82) is 5.26 Å². The number of carbonyl (C=O) groups excluding carboxylic acids is 1. The van der Waals surface area contributed by atoms with Crippen LogP contribution < -0.4 is 5.32 Å². The highest BCUT2D eigenvalue weighted by molar-refractivity contribution is 5.74. The van der Waals surface area contributed by atoms with E-state index in [1.54, 1.807) is 0 Å². The Morgan fingerprint density at radius 3 is 2.53 bits per heavy atom. The predicted octanol–water partition coefficient (Wildman–Crippen LogP) is 0.403. The summed E-state index contributed by atoms with van der Waals surface area (Å²) in [5.74, 6) is -1.04. The number of aliphatic carboxylic acids is 1. The van der Waals surface area contributed by atoms with Crippen molar-refractivity contribution in [3.63, 3.8) is 0 Å². The number of hydrogen-bond donors (Lipinski definition) is 3. The fraction of sp³-hybridized carbons (Fsp3) is 0.750. The Balaban J connectivity index is 4.17. The van der Waals surface area contributed by atoms with E-state index < -0.39 is 12.1 Å². The average molecular weight is 271 g/mol. The highest BCUT2D eigenvalue weighted by Gasteiger charge is 2.16. The summed E-state index contributed by atoms with van der Waals surface area (Å²) in [5, 5.41) is 28.6. The molecule has 1 atom stereocenters. The molecule has 19 heavy (non-hydrogen) atoms. The number of nitriles is 1. The van der Waals surface area contributed by atoms with Crippen LogP contribution in [0.2, 0.25) is 0 Å². The zero-order chi connectivity index (χ0) is 14.8. The molecule has 0 aliphatic rings. The molecule has 0 rings (SSSR count). The van der Waals surface area contributed by atoms with Gasteiger partial charge in [0.25, 0.3) is 0 Å². The minimum atomic E-state index is -1.47. The zero-order valence-corrected chi connectivity index (χ0v) is 11.3. The lowest BCUT2D eigenvalue weighted by Crippen LogP contribution is -2.43. The molecule has 0 heterocycles. The molecule has 0 aromatic heterocycles. The van der Waals surface area contributed by atoms with Crippen LogP contribution >= 0.6 is 0 Å². The number of urea groups is 1. The Morgan fingerprint density at radius 2 is 2.05 bits per heavy atom. The molecule has 0 saturated carbocycles. The summed E-state index contributed by atoms with van der Waals surface area (Å²) in [6.45, 7) is 4.85. The molecule has 0 aromatic rings. The van der Waals surface area contributed by atoms with E-state index >= 15 is 0 Å². The fourth-order valence-corrected chi connectivity index (χ4v) is 1.45. The Bertz CT molecular complexity index is 338. The van der Waals surface area contributed by atoms with Crippen LogP contribution in [0.3, 0.4) is 0 Å².